The lowest BCUT2D eigenvalue weighted by Gasteiger charge is -2.22. The third kappa shape index (κ3) is 4.97. The number of carbonyl (C=O) groups excluding carboxylic acids is 1. The minimum absolute atomic E-state index is 0.132. The van der Waals surface area contributed by atoms with Gasteiger partial charge in [0.1, 0.15) is 18.0 Å². The van der Waals surface area contributed by atoms with Crippen molar-refractivity contribution >= 4 is 11.9 Å². The molecule has 0 heterocycles. The summed E-state index contributed by atoms with van der Waals surface area (Å²) in [6, 6.07) is 12.3. The molecule has 0 bridgehead atoms. The summed E-state index contributed by atoms with van der Waals surface area (Å²) in [5, 5.41) is 9.17. The van der Waals surface area contributed by atoms with Gasteiger partial charge in [0.2, 0.25) is 0 Å². The van der Waals surface area contributed by atoms with Gasteiger partial charge >= 0.3 is 5.97 Å². The van der Waals surface area contributed by atoms with Crippen molar-refractivity contribution in [2.75, 3.05) is 20.8 Å². The van der Waals surface area contributed by atoms with E-state index >= 15 is 0 Å². The lowest BCUT2D eigenvalue weighted by Crippen LogP contribution is -2.35. The first-order valence-electron chi connectivity index (χ1n) is 7.72. The maximum Gasteiger partial charge on any atom is 0.323 e. The number of hydrogen-bond acceptors (Lipinski definition) is 4. The SMILES string of the molecule is COc1cc(CN(CC(=O)O)C(=O)c2cccc(C)c2)cc(OC)c1. The zero-order valence-corrected chi connectivity index (χ0v) is 14.5. The molecule has 1 N–H and O–H groups in total. The van der Waals surface area contributed by atoms with Crippen molar-refractivity contribution in [1.29, 1.82) is 0 Å². The molecule has 132 valence electrons. The zero-order chi connectivity index (χ0) is 18.4. The topological polar surface area (TPSA) is 76.1 Å². The molecule has 0 aliphatic carbocycles. The van der Waals surface area contributed by atoms with Crippen LogP contribution < -0.4 is 9.47 Å². The maximum absolute atomic E-state index is 12.7. The molecule has 6 heteroatoms. The van der Waals surface area contributed by atoms with Crippen LogP contribution in [0.15, 0.2) is 42.5 Å². The number of carboxylic acids is 1. The predicted octanol–water partition coefficient (Wildman–Crippen LogP) is 2.74. The first-order valence-corrected chi connectivity index (χ1v) is 7.72. The van der Waals surface area contributed by atoms with Crippen LogP contribution in [0.3, 0.4) is 0 Å². The van der Waals surface area contributed by atoms with Crippen LogP contribution in [-0.2, 0) is 11.3 Å². The number of amides is 1. The molecule has 0 saturated heterocycles. The number of benzene rings is 2. The van der Waals surface area contributed by atoms with Crippen molar-refractivity contribution in [2.45, 2.75) is 13.5 Å². The predicted molar refractivity (Wildman–Crippen MR) is 93.1 cm³/mol. The Labute approximate surface area is 146 Å². The third-order valence-corrected chi connectivity index (χ3v) is 3.66. The van der Waals surface area contributed by atoms with Gasteiger partial charge in [0, 0.05) is 18.2 Å². The summed E-state index contributed by atoms with van der Waals surface area (Å²) in [6.45, 7) is 1.62. The van der Waals surface area contributed by atoms with Crippen molar-refractivity contribution in [2.24, 2.45) is 0 Å². The van der Waals surface area contributed by atoms with Gasteiger partial charge in [-0.3, -0.25) is 9.59 Å². The summed E-state index contributed by atoms with van der Waals surface area (Å²) >= 11 is 0. The van der Waals surface area contributed by atoms with Gasteiger partial charge < -0.3 is 19.5 Å². The Morgan fingerprint density at radius 1 is 1.04 bits per heavy atom. The zero-order valence-electron chi connectivity index (χ0n) is 14.5. The summed E-state index contributed by atoms with van der Waals surface area (Å²) in [4.78, 5) is 25.2. The van der Waals surface area contributed by atoms with Gasteiger partial charge in [0.05, 0.1) is 14.2 Å². The van der Waals surface area contributed by atoms with E-state index in [-0.39, 0.29) is 12.5 Å². The standard InChI is InChI=1S/C19H21NO5/c1-13-5-4-6-15(7-13)19(23)20(12-18(21)22)11-14-8-16(24-2)10-17(9-14)25-3/h4-10H,11-12H2,1-3H3,(H,21,22). The number of rotatable bonds is 7. The van der Waals surface area contributed by atoms with Gasteiger partial charge in [-0.1, -0.05) is 17.7 Å². The van der Waals surface area contributed by atoms with E-state index < -0.39 is 12.5 Å². The van der Waals surface area contributed by atoms with Gasteiger partial charge in [-0.2, -0.15) is 0 Å². The van der Waals surface area contributed by atoms with Gasteiger partial charge in [-0.25, -0.2) is 0 Å². The lowest BCUT2D eigenvalue weighted by molar-refractivity contribution is -0.137. The van der Waals surface area contributed by atoms with Crippen molar-refractivity contribution in [1.82, 2.24) is 4.90 Å². The van der Waals surface area contributed by atoms with E-state index in [4.69, 9.17) is 9.47 Å². The average Bonchev–Trinajstić information content (AvgIpc) is 2.59. The Bertz CT molecular complexity index is 750. The highest BCUT2D eigenvalue weighted by Crippen LogP contribution is 2.24. The minimum Gasteiger partial charge on any atom is -0.497 e. The first-order chi connectivity index (χ1) is 11.9. The normalized spacial score (nSPS) is 10.2. The molecular formula is C19H21NO5. The number of carbonyl (C=O) groups is 2. The highest BCUT2D eigenvalue weighted by Gasteiger charge is 2.19. The van der Waals surface area contributed by atoms with Crippen molar-refractivity contribution in [3.8, 4) is 11.5 Å². The summed E-state index contributed by atoms with van der Waals surface area (Å²) in [5.74, 6) is -0.260. The summed E-state index contributed by atoms with van der Waals surface area (Å²) in [7, 11) is 3.07. The summed E-state index contributed by atoms with van der Waals surface area (Å²) in [5.41, 5.74) is 2.11. The number of nitrogens with zero attached hydrogens (tertiary/aromatic N) is 1. The molecule has 0 saturated carbocycles. The Hall–Kier alpha value is -3.02. The van der Waals surface area contributed by atoms with E-state index in [1.54, 1.807) is 36.4 Å². The molecule has 2 aromatic carbocycles. The fraction of sp³-hybridized carbons (Fsp3) is 0.263. The third-order valence-electron chi connectivity index (χ3n) is 3.66. The molecule has 0 unspecified atom stereocenters. The van der Waals surface area contributed by atoms with Gasteiger partial charge in [-0.15, -0.1) is 0 Å². The van der Waals surface area contributed by atoms with Gasteiger partial charge in [0.25, 0.3) is 5.91 Å². The number of carboxylic acid groups (broad SMARTS) is 1. The number of ether oxygens (including phenoxy) is 2. The molecular weight excluding hydrogens is 322 g/mol. The van der Waals surface area contributed by atoms with Crippen LogP contribution in [0.1, 0.15) is 21.5 Å². The molecule has 0 atom stereocenters. The molecule has 0 fully saturated rings. The summed E-state index contributed by atoms with van der Waals surface area (Å²) in [6.07, 6.45) is 0. The van der Waals surface area contributed by atoms with E-state index in [1.807, 2.05) is 13.0 Å². The van der Waals surface area contributed by atoms with Crippen LogP contribution in [0.25, 0.3) is 0 Å². The highest BCUT2D eigenvalue weighted by atomic mass is 16.5. The number of hydrogen-bond donors (Lipinski definition) is 1. The molecule has 6 nitrogen and oxygen atoms in total. The maximum atomic E-state index is 12.7. The molecule has 0 radical (unpaired) electrons. The van der Waals surface area contributed by atoms with Crippen molar-refractivity contribution in [3.63, 3.8) is 0 Å². The summed E-state index contributed by atoms with van der Waals surface area (Å²) < 4.78 is 10.4. The second-order valence-electron chi connectivity index (χ2n) is 5.65. The van der Waals surface area contributed by atoms with Gasteiger partial charge in [-0.05, 0) is 36.8 Å². The molecule has 25 heavy (non-hydrogen) atoms. The fourth-order valence-electron chi connectivity index (χ4n) is 2.50. The minimum atomic E-state index is -1.07. The quantitative estimate of drug-likeness (QED) is 0.836. The second-order valence-corrected chi connectivity index (χ2v) is 5.65. The lowest BCUT2D eigenvalue weighted by atomic mass is 10.1. The van der Waals surface area contributed by atoms with E-state index in [0.717, 1.165) is 11.1 Å². The van der Waals surface area contributed by atoms with Crippen molar-refractivity contribution < 1.29 is 24.2 Å². The molecule has 2 aromatic rings. The van der Waals surface area contributed by atoms with E-state index in [0.29, 0.717) is 17.1 Å². The number of aliphatic carboxylic acids is 1. The van der Waals surface area contributed by atoms with E-state index in [9.17, 15) is 14.7 Å². The smallest absolute Gasteiger partial charge is 0.323 e. The number of aryl methyl sites for hydroxylation is 1. The Kier molecular flexibility index (Phi) is 6.00. The van der Waals surface area contributed by atoms with Crippen LogP contribution in [0.2, 0.25) is 0 Å². The van der Waals surface area contributed by atoms with Crippen LogP contribution >= 0.6 is 0 Å². The van der Waals surface area contributed by atoms with E-state index in [2.05, 4.69) is 0 Å². The molecule has 0 aromatic heterocycles. The molecule has 1 amide bonds. The fourth-order valence-corrected chi connectivity index (χ4v) is 2.50. The van der Waals surface area contributed by atoms with Crippen LogP contribution in [0.5, 0.6) is 11.5 Å². The highest BCUT2D eigenvalue weighted by molar-refractivity contribution is 5.96. The van der Waals surface area contributed by atoms with Crippen LogP contribution in [-0.4, -0.2) is 42.6 Å². The van der Waals surface area contributed by atoms with Crippen LogP contribution in [0, 0.1) is 6.92 Å². The molecule has 0 aliphatic heterocycles. The van der Waals surface area contributed by atoms with Crippen molar-refractivity contribution in [3.05, 3.63) is 59.2 Å². The Balaban J connectivity index is 2.32. The monoisotopic (exact) mass is 343 g/mol. The van der Waals surface area contributed by atoms with Gasteiger partial charge in [0.15, 0.2) is 0 Å². The average molecular weight is 343 g/mol. The Morgan fingerprint density at radius 2 is 1.68 bits per heavy atom. The number of methoxy groups -OCH3 is 2. The first kappa shape index (κ1) is 18.3. The second kappa shape index (κ2) is 8.19. The van der Waals surface area contributed by atoms with E-state index in [1.165, 1.54) is 19.1 Å². The molecule has 0 spiro atoms. The largest absolute Gasteiger partial charge is 0.497 e. The molecule has 0 aliphatic rings. The van der Waals surface area contributed by atoms with Crippen LogP contribution in [0.4, 0.5) is 0 Å². The Morgan fingerprint density at radius 3 is 2.20 bits per heavy atom. The molecule has 2 rings (SSSR count).